The van der Waals surface area contributed by atoms with Crippen LogP contribution in [0.4, 0.5) is 16.7 Å². The molecule has 1 aromatic heterocycles. The van der Waals surface area contributed by atoms with Gasteiger partial charge in [-0.25, -0.2) is 4.79 Å². The first-order valence-corrected chi connectivity index (χ1v) is 11.0. The quantitative estimate of drug-likeness (QED) is 0.385. The number of anilines is 2. The van der Waals surface area contributed by atoms with E-state index in [9.17, 15) is 4.79 Å². The van der Waals surface area contributed by atoms with Gasteiger partial charge in [-0.15, -0.1) is 0 Å². The third-order valence-corrected chi connectivity index (χ3v) is 4.14. The van der Waals surface area contributed by atoms with Crippen molar-refractivity contribution in [2.45, 2.75) is 91.6 Å². The van der Waals surface area contributed by atoms with Crippen molar-refractivity contribution < 1.29 is 9.53 Å². The van der Waals surface area contributed by atoms with Gasteiger partial charge < -0.3 is 20.7 Å². The smallest absolute Gasteiger partial charge is 0.407 e. The Morgan fingerprint density at radius 2 is 1.38 bits per heavy atom. The van der Waals surface area contributed by atoms with Crippen LogP contribution in [0.1, 0.15) is 84.9 Å². The highest BCUT2D eigenvalue weighted by molar-refractivity contribution is 5.67. The van der Waals surface area contributed by atoms with Crippen LogP contribution in [0.3, 0.4) is 0 Å². The summed E-state index contributed by atoms with van der Waals surface area (Å²) in [6, 6.07) is 0. The fourth-order valence-electron chi connectivity index (χ4n) is 2.75. The molecule has 1 amide bonds. The molecule has 0 fully saturated rings. The Hall–Kier alpha value is -2.12. The minimum Gasteiger partial charge on any atom is -0.444 e. The van der Waals surface area contributed by atoms with E-state index in [1.54, 1.807) is 0 Å². The topological polar surface area (TPSA) is 101 Å². The molecule has 0 unspecified atom stereocenters. The number of rotatable bonds is 14. The second-order valence-electron chi connectivity index (χ2n) is 8.29. The fraction of sp³-hybridized carbons (Fsp3) is 0.810. The van der Waals surface area contributed by atoms with E-state index in [4.69, 9.17) is 4.74 Å². The van der Waals surface area contributed by atoms with Crippen LogP contribution in [0.2, 0.25) is 0 Å². The van der Waals surface area contributed by atoms with E-state index in [1.807, 2.05) is 27.7 Å². The van der Waals surface area contributed by atoms with E-state index in [1.165, 1.54) is 44.9 Å². The summed E-state index contributed by atoms with van der Waals surface area (Å²) in [5, 5.41) is 9.08. The van der Waals surface area contributed by atoms with Crippen molar-refractivity contribution in [3.8, 4) is 0 Å². The highest BCUT2D eigenvalue weighted by Gasteiger charge is 2.15. The second-order valence-corrected chi connectivity index (χ2v) is 8.29. The summed E-state index contributed by atoms with van der Waals surface area (Å²) in [6.45, 7) is 11.4. The lowest BCUT2D eigenvalue weighted by atomic mass is 10.1. The molecule has 1 heterocycles. The fourth-order valence-corrected chi connectivity index (χ4v) is 2.75. The molecule has 0 radical (unpaired) electrons. The molecular weight excluding hydrogens is 368 g/mol. The summed E-state index contributed by atoms with van der Waals surface area (Å²) < 4.78 is 5.20. The largest absolute Gasteiger partial charge is 0.444 e. The van der Waals surface area contributed by atoms with Crippen LogP contribution in [-0.4, -0.2) is 46.3 Å². The molecule has 0 spiro atoms. The number of carbonyl (C=O) groups is 1. The molecule has 1 aromatic rings. The SMILES string of the molecule is CCCCCCCCCCNc1nc(C)nc(NCCNC(=O)OC(C)(C)C)n1. The summed E-state index contributed by atoms with van der Waals surface area (Å²) >= 11 is 0. The van der Waals surface area contributed by atoms with Crippen LogP contribution in [0.5, 0.6) is 0 Å². The first-order chi connectivity index (χ1) is 13.8. The molecule has 0 atom stereocenters. The van der Waals surface area contributed by atoms with Gasteiger partial charge in [0.2, 0.25) is 11.9 Å². The monoisotopic (exact) mass is 408 g/mol. The number of aryl methyl sites for hydroxylation is 1. The molecule has 8 heteroatoms. The summed E-state index contributed by atoms with van der Waals surface area (Å²) in [7, 11) is 0. The van der Waals surface area contributed by atoms with E-state index in [-0.39, 0.29) is 0 Å². The molecule has 29 heavy (non-hydrogen) atoms. The second kappa shape index (κ2) is 14.0. The Bertz CT molecular complexity index is 589. The van der Waals surface area contributed by atoms with Gasteiger partial charge in [-0.1, -0.05) is 51.9 Å². The number of carbonyl (C=O) groups excluding carboxylic acids is 1. The van der Waals surface area contributed by atoms with Crippen LogP contribution in [0.25, 0.3) is 0 Å². The Kier molecular flexibility index (Phi) is 12.0. The zero-order chi connectivity index (χ0) is 21.5. The number of unbranched alkanes of at least 4 members (excludes halogenated alkanes) is 7. The van der Waals surface area contributed by atoms with Crippen molar-refractivity contribution in [3.63, 3.8) is 0 Å². The Morgan fingerprint density at radius 3 is 1.97 bits per heavy atom. The predicted octanol–water partition coefficient (Wildman–Crippen LogP) is 4.67. The normalized spacial score (nSPS) is 11.2. The van der Waals surface area contributed by atoms with Crippen molar-refractivity contribution >= 4 is 18.0 Å². The summed E-state index contributed by atoms with van der Waals surface area (Å²) in [5.74, 6) is 1.74. The number of amides is 1. The van der Waals surface area contributed by atoms with E-state index in [0.29, 0.717) is 30.8 Å². The van der Waals surface area contributed by atoms with Gasteiger partial charge >= 0.3 is 6.09 Å². The number of nitrogens with zero attached hydrogens (tertiary/aromatic N) is 3. The third-order valence-electron chi connectivity index (χ3n) is 4.14. The first kappa shape index (κ1) is 24.9. The zero-order valence-corrected chi connectivity index (χ0v) is 18.9. The van der Waals surface area contributed by atoms with Gasteiger partial charge in [-0.2, -0.15) is 15.0 Å². The Morgan fingerprint density at radius 1 is 0.828 bits per heavy atom. The Labute approximate surface area is 176 Å². The lowest BCUT2D eigenvalue weighted by molar-refractivity contribution is 0.0530. The van der Waals surface area contributed by atoms with Gasteiger partial charge in [-0.05, 0) is 34.1 Å². The molecule has 1 rings (SSSR count). The van der Waals surface area contributed by atoms with Gasteiger partial charge in [0.15, 0.2) is 0 Å². The molecule has 0 aliphatic rings. The highest BCUT2D eigenvalue weighted by atomic mass is 16.6. The van der Waals surface area contributed by atoms with Crippen molar-refractivity contribution in [2.24, 2.45) is 0 Å². The minimum absolute atomic E-state index is 0.417. The maximum absolute atomic E-state index is 11.6. The van der Waals surface area contributed by atoms with Crippen molar-refractivity contribution in [3.05, 3.63) is 5.82 Å². The number of alkyl carbamates (subject to hydrolysis) is 1. The first-order valence-electron chi connectivity index (χ1n) is 11.0. The van der Waals surface area contributed by atoms with Gasteiger partial charge in [-0.3, -0.25) is 0 Å². The lowest BCUT2D eigenvalue weighted by Crippen LogP contribution is -2.35. The van der Waals surface area contributed by atoms with E-state index >= 15 is 0 Å². The summed E-state index contributed by atoms with van der Waals surface area (Å²) in [5.41, 5.74) is -0.502. The number of nitrogens with one attached hydrogen (secondary N) is 3. The summed E-state index contributed by atoms with van der Waals surface area (Å²) in [4.78, 5) is 24.6. The Balaban J connectivity index is 2.22. The molecule has 0 aliphatic carbocycles. The van der Waals surface area contributed by atoms with Gasteiger partial charge in [0.25, 0.3) is 0 Å². The maximum atomic E-state index is 11.6. The number of hydrogen-bond acceptors (Lipinski definition) is 7. The van der Waals surface area contributed by atoms with Crippen molar-refractivity contribution in [2.75, 3.05) is 30.3 Å². The van der Waals surface area contributed by atoms with Crippen LogP contribution in [0.15, 0.2) is 0 Å². The number of aromatic nitrogens is 3. The van der Waals surface area contributed by atoms with Crippen molar-refractivity contribution in [1.29, 1.82) is 0 Å². The van der Waals surface area contributed by atoms with E-state index < -0.39 is 11.7 Å². The minimum atomic E-state index is -0.502. The van der Waals surface area contributed by atoms with E-state index in [2.05, 4.69) is 37.8 Å². The lowest BCUT2D eigenvalue weighted by Gasteiger charge is -2.19. The average Bonchev–Trinajstić information content (AvgIpc) is 2.62. The molecule has 0 aliphatic heterocycles. The van der Waals surface area contributed by atoms with Crippen molar-refractivity contribution in [1.82, 2.24) is 20.3 Å². The van der Waals surface area contributed by atoms with Crippen LogP contribution >= 0.6 is 0 Å². The van der Waals surface area contributed by atoms with Crippen LogP contribution in [-0.2, 0) is 4.74 Å². The zero-order valence-electron chi connectivity index (χ0n) is 18.9. The molecule has 0 saturated carbocycles. The third kappa shape index (κ3) is 13.7. The number of ether oxygens (including phenoxy) is 1. The molecule has 0 aromatic carbocycles. The number of hydrogen-bond donors (Lipinski definition) is 3. The van der Waals surface area contributed by atoms with Gasteiger partial charge in [0.1, 0.15) is 11.4 Å². The maximum Gasteiger partial charge on any atom is 0.407 e. The molecule has 8 nitrogen and oxygen atoms in total. The molecule has 0 saturated heterocycles. The molecule has 3 N–H and O–H groups in total. The predicted molar refractivity (Wildman–Crippen MR) is 118 cm³/mol. The molecular formula is C21H40N6O2. The highest BCUT2D eigenvalue weighted by Crippen LogP contribution is 2.09. The van der Waals surface area contributed by atoms with Gasteiger partial charge in [0, 0.05) is 19.6 Å². The van der Waals surface area contributed by atoms with Crippen LogP contribution in [0, 0.1) is 6.92 Å². The average molecular weight is 409 g/mol. The standard InChI is InChI=1S/C21H40N6O2/c1-6-7-8-9-10-11-12-13-14-22-18-25-17(2)26-19(27-18)23-15-16-24-20(28)29-21(3,4)5/h6-16H2,1-5H3,(H,24,28)(H2,22,23,25,26,27). The van der Waals surface area contributed by atoms with Gasteiger partial charge in [0.05, 0.1) is 0 Å². The summed E-state index contributed by atoms with van der Waals surface area (Å²) in [6.07, 6.45) is 9.90. The molecule has 166 valence electrons. The molecule has 0 bridgehead atoms. The van der Waals surface area contributed by atoms with E-state index in [0.717, 1.165) is 13.0 Å². The van der Waals surface area contributed by atoms with Crippen LogP contribution < -0.4 is 16.0 Å².